The first-order valence-electron chi connectivity index (χ1n) is 5.11. The number of ether oxygens (including phenoxy) is 1. The summed E-state index contributed by atoms with van der Waals surface area (Å²) in [6, 6.07) is 2.68. The van der Waals surface area contributed by atoms with Gasteiger partial charge in [0.25, 0.3) is 0 Å². The zero-order valence-corrected chi connectivity index (χ0v) is 9.81. The predicted molar refractivity (Wildman–Crippen MR) is 67.6 cm³/mol. The Morgan fingerprint density at radius 3 is 3.05 bits per heavy atom. The number of nitrogens with zero attached hydrogens (tertiary/aromatic N) is 2. The van der Waals surface area contributed by atoms with Gasteiger partial charge in [-0.15, -0.1) is 0 Å². The molecule has 0 bridgehead atoms. The second-order valence-electron chi connectivity index (χ2n) is 3.07. The van der Waals surface area contributed by atoms with Gasteiger partial charge < -0.3 is 9.15 Å². The van der Waals surface area contributed by atoms with E-state index < -0.39 is 11.0 Å². The molecule has 1 heterocycles. The van der Waals surface area contributed by atoms with Gasteiger partial charge in [-0.1, -0.05) is 12.7 Å². The molecule has 0 aliphatic carbocycles. The Kier molecular flexibility index (Phi) is 5.54. The van der Waals surface area contributed by atoms with Crippen molar-refractivity contribution in [1.29, 1.82) is 0 Å². The van der Waals surface area contributed by atoms with Crippen LogP contribution in [0, 0.1) is 10.1 Å². The molecule has 0 aromatic carbocycles. The Bertz CT molecular complexity index is 518. The molecule has 0 unspecified atom stereocenters. The summed E-state index contributed by atoms with van der Waals surface area (Å²) in [7, 11) is 0. The van der Waals surface area contributed by atoms with Gasteiger partial charge in [0.1, 0.15) is 17.3 Å². The number of furan rings is 1. The molecule has 1 aromatic rings. The molecule has 1 amide bonds. The minimum Gasteiger partial charge on any atom is -0.444 e. The van der Waals surface area contributed by atoms with E-state index in [4.69, 9.17) is 4.42 Å². The van der Waals surface area contributed by atoms with Crippen LogP contribution < -0.4 is 5.43 Å². The zero-order chi connectivity index (χ0) is 14.1. The van der Waals surface area contributed by atoms with E-state index in [2.05, 4.69) is 21.8 Å². The van der Waals surface area contributed by atoms with Crippen molar-refractivity contribution in [3.05, 3.63) is 46.7 Å². The van der Waals surface area contributed by atoms with Gasteiger partial charge in [0.15, 0.2) is 0 Å². The molecule has 8 nitrogen and oxygen atoms in total. The van der Waals surface area contributed by atoms with Crippen molar-refractivity contribution in [3.8, 4) is 0 Å². The van der Waals surface area contributed by atoms with Crippen LogP contribution in [0.4, 0.5) is 10.7 Å². The molecular weight excluding hydrogens is 254 g/mol. The Morgan fingerprint density at radius 1 is 1.63 bits per heavy atom. The normalized spacial score (nSPS) is 10.7. The first-order chi connectivity index (χ1) is 9.13. The van der Waals surface area contributed by atoms with Crippen molar-refractivity contribution >= 4 is 24.3 Å². The standard InChI is InChI=1S/C11H11N3O5/c1-2-8-18-11(15)13-12-7-3-4-9-5-6-10(19-9)14(16)17/h2-7H,1,8H2,(H,13,15)/b4-3+,12-7+. The van der Waals surface area contributed by atoms with Gasteiger partial charge in [-0.05, 0) is 18.2 Å². The maximum atomic E-state index is 10.9. The monoisotopic (exact) mass is 265 g/mol. The smallest absolute Gasteiger partial charge is 0.433 e. The molecule has 1 aromatic heterocycles. The van der Waals surface area contributed by atoms with Crippen molar-refractivity contribution < 1.29 is 18.9 Å². The second kappa shape index (κ2) is 7.43. The van der Waals surface area contributed by atoms with E-state index in [1.807, 2.05) is 0 Å². The van der Waals surface area contributed by atoms with Crippen molar-refractivity contribution in [1.82, 2.24) is 5.43 Å². The fourth-order valence-electron chi connectivity index (χ4n) is 0.968. The summed E-state index contributed by atoms with van der Waals surface area (Å²) < 4.78 is 9.44. The summed E-state index contributed by atoms with van der Waals surface area (Å²) in [6.07, 6.45) is 4.87. The number of hydrogen-bond donors (Lipinski definition) is 1. The highest BCUT2D eigenvalue weighted by molar-refractivity contribution is 5.78. The lowest BCUT2D eigenvalue weighted by atomic mass is 10.4. The summed E-state index contributed by atoms with van der Waals surface area (Å²) in [5.41, 5.74) is 2.10. The van der Waals surface area contributed by atoms with Crippen LogP contribution in [0.5, 0.6) is 0 Å². The van der Waals surface area contributed by atoms with E-state index in [-0.39, 0.29) is 12.5 Å². The van der Waals surface area contributed by atoms with Crippen molar-refractivity contribution in [2.24, 2.45) is 5.10 Å². The van der Waals surface area contributed by atoms with Gasteiger partial charge in [-0.2, -0.15) is 5.10 Å². The van der Waals surface area contributed by atoms with Crippen molar-refractivity contribution in [2.75, 3.05) is 6.61 Å². The molecule has 1 rings (SSSR count). The van der Waals surface area contributed by atoms with Gasteiger partial charge in [0.2, 0.25) is 0 Å². The molecule has 1 N–H and O–H groups in total. The Hall–Kier alpha value is -2.90. The molecule has 0 radical (unpaired) electrons. The van der Waals surface area contributed by atoms with Gasteiger partial charge in [-0.3, -0.25) is 10.1 Å². The fraction of sp³-hybridized carbons (Fsp3) is 0.0909. The number of carbonyl (C=O) groups excluding carboxylic acids is 1. The molecule has 19 heavy (non-hydrogen) atoms. The lowest BCUT2D eigenvalue weighted by Crippen LogP contribution is -2.18. The summed E-state index contributed by atoms with van der Waals surface area (Å²) >= 11 is 0. The van der Waals surface area contributed by atoms with Gasteiger partial charge in [-0.25, -0.2) is 10.2 Å². The average molecular weight is 265 g/mol. The highest BCUT2D eigenvalue weighted by atomic mass is 16.6. The zero-order valence-electron chi connectivity index (χ0n) is 9.81. The minimum atomic E-state index is -0.710. The quantitative estimate of drug-likeness (QED) is 0.367. The SMILES string of the molecule is C=CCOC(=O)N/N=C/C=C/c1ccc([N+](=O)[O-])o1. The molecule has 0 spiro atoms. The number of hydrogen-bond acceptors (Lipinski definition) is 6. The number of allylic oxidation sites excluding steroid dienone is 1. The third-order valence-electron chi connectivity index (χ3n) is 1.70. The fourth-order valence-corrected chi connectivity index (χ4v) is 0.968. The molecular formula is C11H11N3O5. The van der Waals surface area contributed by atoms with Crippen molar-refractivity contribution in [3.63, 3.8) is 0 Å². The topological polar surface area (TPSA) is 107 Å². The molecule has 0 atom stereocenters. The predicted octanol–water partition coefficient (Wildman–Crippen LogP) is 2.10. The van der Waals surface area contributed by atoms with E-state index >= 15 is 0 Å². The number of hydrazone groups is 1. The van der Waals surface area contributed by atoms with Crippen LogP contribution in [-0.4, -0.2) is 23.8 Å². The summed E-state index contributed by atoms with van der Waals surface area (Å²) in [5, 5.41) is 13.9. The van der Waals surface area contributed by atoms with Gasteiger partial charge in [0, 0.05) is 6.21 Å². The highest BCUT2D eigenvalue weighted by Gasteiger charge is 2.09. The molecule has 100 valence electrons. The first kappa shape index (κ1) is 14.2. The van der Waals surface area contributed by atoms with Crippen LogP contribution in [-0.2, 0) is 4.74 Å². The number of nitro groups is 1. The molecule has 8 heteroatoms. The second-order valence-corrected chi connectivity index (χ2v) is 3.07. The van der Waals surface area contributed by atoms with Crippen LogP contribution in [0.3, 0.4) is 0 Å². The molecule has 0 saturated heterocycles. The molecule has 0 fully saturated rings. The van der Waals surface area contributed by atoms with Crippen LogP contribution >= 0.6 is 0 Å². The highest BCUT2D eigenvalue weighted by Crippen LogP contribution is 2.16. The molecule has 0 aliphatic rings. The van der Waals surface area contributed by atoms with E-state index in [0.717, 1.165) is 0 Å². The number of amides is 1. The molecule has 0 aliphatic heterocycles. The van der Waals surface area contributed by atoms with E-state index in [0.29, 0.717) is 5.76 Å². The summed E-state index contributed by atoms with van der Waals surface area (Å²) in [4.78, 5) is 20.6. The molecule has 0 saturated carbocycles. The van der Waals surface area contributed by atoms with Crippen LogP contribution in [0.1, 0.15) is 5.76 Å². The Labute approximate surface area is 108 Å². The Balaban J connectivity index is 2.38. The maximum Gasteiger partial charge on any atom is 0.433 e. The third-order valence-corrected chi connectivity index (χ3v) is 1.70. The van der Waals surface area contributed by atoms with Crippen LogP contribution in [0.25, 0.3) is 6.08 Å². The Morgan fingerprint density at radius 2 is 2.42 bits per heavy atom. The van der Waals surface area contributed by atoms with Gasteiger partial charge in [0.05, 0.1) is 6.07 Å². The van der Waals surface area contributed by atoms with E-state index in [1.54, 1.807) is 0 Å². The number of carbonyl (C=O) groups is 1. The number of rotatable bonds is 6. The lowest BCUT2D eigenvalue weighted by molar-refractivity contribution is -0.402. The number of nitrogens with one attached hydrogen (secondary N) is 1. The van der Waals surface area contributed by atoms with E-state index in [1.165, 1.54) is 36.6 Å². The largest absolute Gasteiger partial charge is 0.444 e. The van der Waals surface area contributed by atoms with E-state index in [9.17, 15) is 14.9 Å². The van der Waals surface area contributed by atoms with Crippen molar-refractivity contribution in [2.45, 2.75) is 0 Å². The average Bonchev–Trinajstić information content (AvgIpc) is 2.85. The lowest BCUT2D eigenvalue weighted by Gasteiger charge is -1.97. The maximum absolute atomic E-state index is 10.9. The summed E-state index contributed by atoms with van der Waals surface area (Å²) in [6.45, 7) is 3.47. The van der Waals surface area contributed by atoms with Crippen LogP contribution in [0.15, 0.2) is 40.4 Å². The van der Waals surface area contributed by atoms with Gasteiger partial charge >= 0.3 is 12.0 Å². The first-order valence-corrected chi connectivity index (χ1v) is 5.11. The third kappa shape index (κ3) is 5.31. The summed E-state index contributed by atoms with van der Waals surface area (Å²) in [5.74, 6) is -0.0462. The minimum absolute atomic E-state index is 0.0905. The van der Waals surface area contributed by atoms with Crippen LogP contribution in [0.2, 0.25) is 0 Å².